The van der Waals surface area contributed by atoms with Gasteiger partial charge in [-0.05, 0) is 18.9 Å². The summed E-state index contributed by atoms with van der Waals surface area (Å²) in [6.45, 7) is 3.13. The highest BCUT2D eigenvalue weighted by atomic mass is 15.6. The van der Waals surface area contributed by atoms with Crippen molar-refractivity contribution in [2.75, 3.05) is 6.67 Å². The van der Waals surface area contributed by atoms with Crippen LogP contribution in [0.2, 0.25) is 0 Å². The number of nitrogens with zero attached hydrogens (tertiary/aromatic N) is 4. The van der Waals surface area contributed by atoms with Crippen LogP contribution in [0.3, 0.4) is 0 Å². The summed E-state index contributed by atoms with van der Waals surface area (Å²) in [5.41, 5.74) is 10.0. The van der Waals surface area contributed by atoms with Crippen molar-refractivity contribution in [3.05, 3.63) is 47.5 Å². The lowest BCUT2D eigenvalue weighted by Gasteiger charge is -2.21. The van der Waals surface area contributed by atoms with Gasteiger partial charge >= 0.3 is 0 Å². The number of nitrogens with one attached hydrogen (secondary N) is 2. The Labute approximate surface area is 123 Å². The summed E-state index contributed by atoms with van der Waals surface area (Å²) in [5, 5.41) is 9.06. The second kappa shape index (κ2) is 5.63. The molecule has 0 fully saturated rings. The molecule has 0 saturated heterocycles. The van der Waals surface area contributed by atoms with Gasteiger partial charge in [-0.25, -0.2) is 10.4 Å². The molecule has 1 aliphatic rings. The van der Waals surface area contributed by atoms with Crippen LogP contribution < -0.4 is 11.2 Å². The van der Waals surface area contributed by atoms with Crippen LogP contribution in [-0.2, 0) is 18.5 Å². The van der Waals surface area contributed by atoms with Crippen molar-refractivity contribution in [2.45, 2.75) is 25.4 Å². The Morgan fingerprint density at radius 2 is 2.14 bits per heavy atom. The van der Waals surface area contributed by atoms with E-state index in [1.165, 1.54) is 5.56 Å². The monoisotopic (exact) mass is 285 g/mol. The summed E-state index contributed by atoms with van der Waals surface area (Å²) < 4.78 is 0. The third-order valence-electron chi connectivity index (χ3n) is 3.36. The lowest BCUT2D eigenvalue weighted by Crippen LogP contribution is -2.37. The molecule has 0 amide bonds. The van der Waals surface area contributed by atoms with E-state index in [9.17, 15) is 0 Å². The van der Waals surface area contributed by atoms with Gasteiger partial charge in [0.15, 0.2) is 5.82 Å². The number of nitrogens with two attached hydrogens (primary N) is 1. The molecule has 1 aromatic heterocycles. The van der Waals surface area contributed by atoms with E-state index in [1.54, 1.807) is 6.34 Å². The quantitative estimate of drug-likeness (QED) is 0.744. The first-order valence-electron chi connectivity index (χ1n) is 6.88. The van der Waals surface area contributed by atoms with Gasteiger partial charge in [-0.1, -0.05) is 30.3 Å². The summed E-state index contributed by atoms with van der Waals surface area (Å²) in [6.07, 6.45) is 2.43. The predicted molar refractivity (Wildman–Crippen MR) is 80.1 cm³/mol. The summed E-state index contributed by atoms with van der Waals surface area (Å²) in [5.74, 6) is 1.38. The lowest BCUT2D eigenvalue weighted by atomic mass is 9.93. The highest BCUT2D eigenvalue weighted by Crippen LogP contribution is 2.19. The van der Waals surface area contributed by atoms with Crippen molar-refractivity contribution in [1.29, 1.82) is 0 Å². The van der Waals surface area contributed by atoms with Gasteiger partial charge in [0, 0.05) is 0 Å². The van der Waals surface area contributed by atoms with Gasteiger partial charge < -0.3 is 5.73 Å². The van der Waals surface area contributed by atoms with Crippen molar-refractivity contribution in [3.63, 3.8) is 0 Å². The number of hydrazine groups is 1. The molecule has 3 rings (SSSR count). The smallest absolute Gasteiger partial charge is 0.170 e. The van der Waals surface area contributed by atoms with Crippen molar-refractivity contribution in [2.24, 2.45) is 10.7 Å². The number of aromatic nitrogens is 3. The average Bonchev–Trinajstić information content (AvgIpc) is 3.12. The van der Waals surface area contributed by atoms with Crippen LogP contribution in [0.5, 0.6) is 0 Å². The highest BCUT2D eigenvalue weighted by molar-refractivity contribution is 5.55. The molecule has 110 valence electrons. The molecule has 7 nitrogen and oxygen atoms in total. The Bertz CT molecular complexity index is 617. The molecule has 0 bridgehead atoms. The van der Waals surface area contributed by atoms with Gasteiger partial charge in [0.1, 0.15) is 18.8 Å². The van der Waals surface area contributed by atoms with E-state index in [0.29, 0.717) is 25.5 Å². The predicted octanol–water partition coefficient (Wildman–Crippen LogP) is 0.527. The Morgan fingerprint density at radius 1 is 1.33 bits per heavy atom. The van der Waals surface area contributed by atoms with Gasteiger partial charge in [0.2, 0.25) is 0 Å². The van der Waals surface area contributed by atoms with Crippen LogP contribution >= 0.6 is 0 Å². The fraction of sp³-hybridized carbons (Fsp3) is 0.357. The number of benzene rings is 1. The SMILES string of the molecule is C[C@@](N)(Cc1ccccc1)c1n[nH]c(CN2C=NCN2)n1. The highest BCUT2D eigenvalue weighted by Gasteiger charge is 2.27. The molecule has 1 atom stereocenters. The Kier molecular flexibility index (Phi) is 3.68. The fourth-order valence-corrected chi connectivity index (χ4v) is 2.29. The number of rotatable bonds is 5. The second-order valence-corrected chi connectivity index (χ2v) is 5.43. The third-order valence-corrected chi connectivity index (χ3v) is 3.36. The molecule has 0 aliphatic carbocycles. The minimum Gasteiger partial charge on any atom is -0.319 e. The second-order valence-electron chi connectivity index (χ2n) is 5.43. The van der Waals surface area contributed by atoms with Crippen molar-refractivity contribution in [1.82, 2.24) is 25.6 Å². The molecule has 2 heterocycles. The van der Waals surface area contributed by atoms with Crippen LogP contribution in [0.1, 0.15) is 24.1 Å². The lowest BCUT2D eigenvalue weighted by molar-refractivity contribution is 0.334. The van der Waals surface area contributed by atoms with Crippen LogP contribution in [-0.4, -0.2) is 33.2 Å². The zero-order chi connectivity index (χ0) is 14.7. The molecule has 7 heteroatoms. The van der Waals surface area contributed by atoms with E-state index >= 15 is 0 Å². The van der Waals surface area contributed by atoms with Crippen LogP contribution in [0.15, 0.2) is 35.3 Å². The third kappa shape index (κ3) is 3.26. The van der Waals surface area contributed by atoms with Gasteiger partial charge in [-0.2, -0.15) is 5.10 Å². The minimum atomic E-state index is -0.609. The van der Waals surface area contributed by atoms with E-state index in [1.807, 2.05) is 30.1 Å². The van der Waals surface area contributed by atoms with Gasteiger partial charge in [-0.15, -0.1) is 0 Å². The summed E-state index contributed by atoms with van der Waals surface area (Å²) in [6, 6.07) is 10.1. The van der Waals surface area contributed by atoms with Gasteiger partial charge in [0.25, 0.3) is 0 Å². The molecule has 2 aromatic rings. The number of hydrogen-bond acceptors (Lipinski definition) is 6. The first-order valence-corrected chi connectivity index (χ1v) is 6.88. The number of aromatic amines is 1. The van der Waals surface area contributed by atoms with E-state index in [0.717, 1.165) is 5.82 Å². The van der Waals surface area contributed by atoms with E-state index in [-0.39, 0.29) is 0 Å². The molecule has 21 heavy (non-hydrogen) atoms. The Hall–Kier alpha value is -2.25. The van der Waals surface area contributed by atoms with E-state index in [2.05, 4.69) is 37.7 Å². The minimum absolute atomic E-state index is 0.581. The fourth-order valence-electron chi connectivity index (χ4n) is 2.29. The van der Waals surface area contributed by atoms with E-state index in [4.69, 9.17) is 5.73 Å². The molecule has 0 saturated carbocycles. The number of hydrogen-bond donors (Lipinski definition) is 3. The average molecular weight is 285 g/mol. The molecular formula is C14H19N7. The first kappa shape index (κ1) is 13.7. The zero-order valence-corrected chi connectivity index (χ0v) is 12.0. The van der Waals surface area contributed by atoms with Crippen molar-refractivity contribution in [3.8, 4) is 0 Å². The van der Waals surface area contributed by atoms with Gasteiger partial charge in [0.05, 0.1) is 12.1 Å². The molecule has 1 aliphatic heterocycles. The Balaban J connectivity index is 1.70. The summed E-state index contributed by atoms with van der Waals surface area (Å²) >= 11 is 0. The largest absolute Gasteiger partial charge is 0.319 e. The molecule has 1 aromatic carbocycles. The van der Waals surface area contributed by atoms with Crippen LogP contribution in [0, 0.1) is 0 Å². The number of aliphatic imine (C=N–C) groups is 1. The summed E-state index contributed by atoms with van der Waals surface area (Å²) in [7, 11) is 0. The maximum atomic E-state index is 6.39. The zero-order valence-electron chi connectivity index (χ0n) is 12.0. The number of H-pyrrole nitrogens is 1. The normalized spacial score (nSPS) is 17.1. The maximum Gasteiger partial charge on any atom is 0.170 e. The molecule has 0 unspecified atom stereocenters. The molecule has 0 radical (unpaired) electrons. The standard InChI is InChI=1S/C14H19N7/c1-14(15,7-11-5-3-2-4-6-11)13-18-12(19-20-13)8-21-10-16-9-17-21/h2-6,10,17H,7-9,15H2,1H3,(H,18,19,20)/t14-/m1/s1. The Morgan fingerprint density at radius 3 is 2.86 bits per heavy atom. The molecule has 0 spiro atoms. The van der Waals surface area contributed by atoms with Crippen molar-refractivity contribution < 1.29 is 0 Å². The summed E-state index contributed by atoms with van der Waals surface area (Å²) in [4.78, 5) is 8.58. The van der Waals surface area contributed by atoms with Gasteiger partial charge in [-0.3, -0.25) is 15.1 Å². The van der Waals surface area contributed by atoms with Crippen LogP contribution in [0.25, 0.3) is 0 Å². The topological polar surface area (TPSA) is 95.2 Å². The maximum absolute atomic E-state index is 6.39. The van der Waals surface area contributed by atoms with E-state index < -0.39 is 5.54 Å². The van der Waals surface area contributed by atoms with Crippen LogP contribution in [0.4, 0.5) is 0 Å². The molecule has 4 N–H and O–H groups in total. The first-order chi connectivity index (χ1) is 10.1. The molecular weight excluding hydrogens is 266 g/mol. The van der Waals surface area contributed by atoms with Crippen molar-refractivity contribution >= 4 is 6.34 Å².